The first-order chi connectivity index (χ1) is 14.5. The van der Waals surface area contributed by atoms with Crippen molar-refractivity contribution in [1.29, 1.82) is 0 Å². The average molecular weight is 409 g/mol. The van der Waals surface area contributed by atoms with Gasteiger partial charge in [0.05, 0.1) is 29.9 Å². The Kier molecular flexibility index (Phi) is 7.63. The summed E-state index contributed by atoms with van der Waals surface area (Å²) in [6.45, 7) is 7.22. The number of rotatable bonds is 7. The molecule has 1 saturated heterocycles. The number of hydrogen-bond acceptors (Lipinski definition) is 3. The smallest absolute Gasteiger partial charge is 0.256 e. The molecule has 1 aliphatic rings. The van der Waals surface area contributed by atoms with Crippen molar-refractivity contribution in [2.24, 2.45) is 0 Å². The van der Waals surface area contributed by atoms with E-state index in [-0.39, 0.29) is 30.4 Å². The average Bonchev–Trinajstić information content (AvgIpc) is 2.72. The Balaban J connectivity index is 1.65. The van der Waals surface area contributed by atoms with Crippen LogP contribution in [0, 0.1) is 0 Å². The van der Waals surface area contributed by atoms with Crippen LogP contribution in [-0.4, -0.2) is 42.0 Å². The summed E-state index contributed by atoms with van der Waals surface area (Å²) in [4.78, 5) is 27.5. The Bertz CT molecular complexity index is 853. The van der Waals surface area contributed by atoms with Gasteiger partial charge in [-0.25, -0.2) is 0 Å². The lowest BCUT2D eigenvalue weighted by molar-refractivity contribution is -0.115. The maximum absolute atomic E-state index is 13.1. The molecule has 1 N–H and O–H groups in total. The summed E-state index contributed by atoms with van der Waals surface area (Å²) in [5, 5.41) is 2.93. The second kappa shape index (κ2) is 10.4. The van der Waals surface area contributed by atoms with E-state index in [1.54, 1.807) is 17.0 Å². The van der Waals surface area contributed by atoms with Crippen LogP contribution in [0.25, 0.3) is 0 Å². The van der Waals surface area contributed by atoms with Crippen LogP contribution in [-0.2, 0) is 22.4 Å². The van der Waals surface area contributed by atoms with E-state index in [9.17, 15) is 9.59 Å². The van der Waals surface area contributed by atoms with Crippen LogP contribution in [0.15, 0.2) is 48.5 Å². The van der Waals surface area contributed by atoms with E-state index in [1.165, 1.54) is 18.4 Å². The molecule has 0 aromatic heterocycles. The molecule has 3 rings (SSSR count). The number of hydrogen-bond donors (Lipinski definition) is 1. The summed E-state index contributed by atoms with van der Waals surface area (Å²) in [7, 11) is 0. The SMILES string of the molecule is CCCCc1ccc(CC(=O)Nc2ccccc2C(=O)N2CC(C)OC(C)C2)cc1. The highest BCUT2D eigenvalue weighted by Gasteiger charge is 2.28. The van der Waals surface area contributed by atoms with Crippen LogP contribution in [0.1, 0.15) is 55.1 Å². The number of amides is 2. The van der Waals surface area contributed by atoms with Gasteiger partial charge in [-0.2, -0.15) is 0 Å². The Morgan fingerprint density at radius 1 is 1.00 bits per heavy atom. The van der Waals surface area contributed by atoms with Crippen LogP contribution in [0.2, 0.25) is 0 Å². The highest BCUT2D eigenvalue weighted by Crippen LogP contribution is 2.21. The monoisotopic (exact) mass is 408 g/mol. The maximum Gasteiger partial charge on any atom is 0.256 e. The van der Waals surface area contributed by atoms with Crippen LogP contribution in [0.5, 0.6) is 0 Å². The second-order valence-electron chi connectivity index (χ2n) is 8.16. The highest BCUT2D eigenvalue weighted by atomic mass is 16.5. The molecule has 0 spiro atoms. The highest BCUT2D eigenvalue weighted by molar-refractivity contribution is 6.04. The van der Waals surface area contributed by atoms with Gasteiger partial charge in [-0.3, -0.25) is 9.59 Å². The van der Waals surface area contributed by atoms with Crippen molar-refractivity contribution in [3.63, 3.8) is 0 Å². The summed E-state index contributed by atoms with van der Waals surface area (Å²) in [6.07, 6.45) is 3.69. The molecular formula is C25H32N2O3. The summed E-state index contributed by atoms with van der Waals surface area (Å²) >= 11 is 0. The van der Waals surface area contributed by atoms with Crippen molar-refractivity contribution in [1.82, 2.24) is 4.90 Å². The zero-order valence-electron chi connectivity index (χ0n) is 18.2. The van der Waals surface area contributed by atoms with E-state index < -0.39 is 0 Å². The summed E-state index contributed by atoms with van der Waals surface area (Å²) in [6, 6.07) is 15.4. The molecule has 1 aliphatic heterocycles. The fourth-order valence-corrected chi connectivity index (χ4v) is 3.88. The molecule has 0 radical (unpaired) electrons. The topological polar surface area (TPSA) is 58.6 Å². The molecule has 2 amide bonds. The summed E-state index contributed by atoms with van der Waals surface area (Å²) in [5.41, 5.74) is 3.33. The minimum absolute atomic E-state index is 0.000230. The molecule has 0 saturated carbocycles. The molecule has 160 valence electrons. The van der Waals surface area contributed by atoms with E-state index in [1.807, 2.05) is 38.1 Å². The van der Waals surface area contributed by atoms with E-state index in [4.69, 9.17) is 4.74 Å². The van der Waals surface area contributed by atoms with E-state index in [0.717, 1.165) is 12.0 Å². The number of carbonyl (C=O) groups excluding carboxylic acids is 2. The van der Waals surface area contributed by atoms with Gasteiger partial charge in [0.25, 0.3) is 5.91 Å². The van der Waals surface area contributed by atoms with E-state index in [2.05, 4.69) is 24.4 Å². The minimum atomic E-state index is -0.125. The molecule has 0 bridgehead atoms. The fourth-order valence-electron chi connectivity index (χ4n) is 3.88. The number of para-hydroxylation sites is 1. The normalized spacial score (nSPS) is 18.8. The third kappa shape index (κ3) is 5.92. The van der Waals surface area contributed by atoms with Gasteiger partial charge in [0.1, 0.15) is 0 Å². The number of aryl methyl sites for hydroxylation is 1. The number of benzene rings is 2. The molecule has 2 atom stereocenters. The maximum atomic E-state index is 13.1. The summed E-state index contributed by atoms with van der Waals surface area (Å²) in [5.74, 6) is -0.201. The van der Waals surface area contributed by atoms with Gasteiger partial charge in [-0.05, 0) is 49.9 Å². The van der Waals surface area contributed by atoms with Gasteiger partial charge in [0.15, 0.2) is 0 Å². The van der Waals surface area contributed by atoms with Crippen molar-refractivity contribution in [3.05, 3.63) is 65.2 Å². The van der Waals surface area contributed by atoms with Crippen molar-refractivity contribution < 1.29 is 14.3 Å². The van der Waals surface area contributed by atoms with Crippen molar-refractivity contribution >= 4 is 17.5 Å². The number of morpholine rings is 1. The van der Waals surface area contributed by atoms with E-state index in [0.29, 0.717) is 24.3 Å². The molecule has 1 heterocycles. The summed E-state index contributed by atoms with van der Waals surface area (Å²) < 4.78 is 5.73. The van der Waals surface area contributed by atoms with Crippen LogP contribution in [0.4, 0.5) is 5.69 Å². The molecule has 5 heteroatoms. The van der Waals surface area contributed by atoms with Gasteiger partial charge in [-0.15, -0.1) is 0 Å². The molecule has 30 heavy (non-hydrogen) atoms. The number of anilines is 1. The Labute approximate surface area is 179 Å². The van der Waals surface area contributed by atoms with Gasteiger partial charge >= 0.3 is 0 Å². The number of nitrogens with one attached hydrogen (secondary N) is 1. The molecule has 0 aliphatic carbocycles. The van der Waals surface area contributed by atoms with Gasteiger partial charge < -0.3 is 15.0 Å². The zero-order chi connectivity index (χ0) is 21.5. The lowest BCUT2D eigenvalue weighted by Gasteiger charge is -2.35. The zero-order valence-corrected chi connectivity index (χ0v) is 18.2. The van der Waals surface area contributed by atoms with Crippen LogP contribution < -0.4 is 5.32 Å². The van der Waals surface area contributed by atoms with Gasteiger partial charge in [0, 0.05) is 13.1 Å². The standard InChI is InChI=1S/C25H32N2O3/c1-4-5-8-20-11-13-21(14-12-20)15-24(28)26-23-10-7-6-9-22(23)25(29)27-16-18(2)30-19(3)17-27/h6-7,9-14,18-19H,4-5,8,15-17H2,1-3H3,(H,26,28). The predicted octanol–water partition coefficient (Wildman–Crippen LogP) is 4.46. The van der Waals surface area contributed by atoms with Gasteiger partial charge in [0.2, 0.25) is 5.91 Å². The number of carbonyl (C=O) groups is 2. The van der Waals surface area contributed by atoms with E-state index >= 15 is 0 Å². The van der Waals surface area contributed by atoms with Crippen molar-refractivity contribution in [2.75, 3.05) is 18.4 Å². The first-order valence-corrected chi connectivity index (χ1v) is 10.9. The number of ether oxygens (including phenoxy) is 1. The van der Waals surface area contributed by atoms with Crippen molar-refractivity contribution in [3.8, 4) is 0 Å². The first-order valence-electron chi connectivity index (χ1n) is 10.9. The molecule has 5 nitrogen and oxygen atoms in total. The lowest BCUT2D eigenvalue weighted by Crippen LogP contribution is -2.48. The Morgan fingerprint density at radius 2 is 1.63 bits per heavy atom. The molecule has 2 aromatic carbocycles. The third-order valence-corrected chi connectivity index (χ3v) is 5.35. The minimum Gasteiger partial charge on any atom is -0.372 e. The molecular weight excluding hydrogens is 376 g/mol. The molecule has 1 fully saturated rings. The Morgan fingerprint density at radius 3 is 2.30 bits per heavy atom. The number of unbranched alkanes of at least 4 members (excludes halogenated alkanes) is 1. The van der Waals surface area contributed by atoms with Crippen LogP contribution >= 0.6 is 0 Å². The first kappa shape index (κ1) is 22.0. The lowest BCUT2D eigenvalue weighted by atomic mass is 10.0. The number of nitrogens with zero attached hydrogens (tertiary/aromatic N) is 1. The van der Waals surface area contributed by atoms with Gasteiger partial charge in [-0.1, -0.05) is 49.7 Å². The molecule has 2 unspecified atom stereocenters. The predicted molar refractivity (Wildman–Crippen MR) is 120 cm³/mol. The van der Waals surface area contributed by atoms with Crippen LogP contribution in [0.3, 0.4) is 0 Å². The Hall–Kier alpha value is -2.66. The third-order valence-electron chi connectivity index (χ3n) is 5.35. The quantitative estimate of drug-likeness (QED) is 0.736. The van der Waals surface area contributed by atoms with Crippen molar-refractivity contribution in [2.45, 2.75) is 58.7 Å². The largest absolute Gasteiger partial charge is 0.372 e. The fraction of sp³-hybridized carbons (Fsp3) is 0.440. The second-order valence-corrected chi connectivity index (χ2v) is 8.16. The molecule has 2 aromatic rings.